The highest BCUT2D eigenvalue weighted by atomic mass is 32.2. The van der Waals surface area contributed by atoms with Crippen LogP contribution in [0.1, 0.15) is 33.6 Å². The highest BCUT2D eigenvalue weighted by Gasteiger charge is 2.05. The molecule has 1 unspecified atom stereocenters. The maximum Gasteiger partial charge on any atom is 0.0129 e. The van der Waals surface area contributed by atoms with E-state index in [1.807, 2.05) is 11.8 Å². The van der Waals surface area contributed by atoms with Gasteiger partial charge in [0, 0.05) is 11.8 Å². The quantitative estimate of drug-likeness (QED) is 0.661. The van der Waals surface area contributed by atoms with Crippen LogP contribution < -0.4 is 5.32 Å². The monoisotopic (exact) mass is 189 g/mol. The molecule has 0 rings (SSSR count). The summed E-state index contributed by atoms with van der Waals surface area (Å²) in [7, 11) is 0. The Morgan fingerprint density at radius 3 is 2.25 bits per heavy atom. The predicted molar refractivity (Wildman–Crippen MR) is 59.9 cm³/mol. The summed E-state index contributed by atoms with van der Waals surface area (Å²) in [6.07, 6.45) is 4.76. The second-order valence-corrected chi connectivity index (χ2v) is 4.36. The minimum atomic E-state index is 0.667. The molecule has 0 aliphatic heterocycles. The van der Waals surface area contributed by atoms with Crippen molar-refractivity contribution in [2.45, 2.75) is 39.7 Å². The van der Waals surface area contributed by atoms with Gasteiger partial charge >= 0.3 is 0 Å². The summed E-state index contributed by atoms with van der Waals surface area (Å²) in [5.41, 5.74) is 0. The van der Waals surface area contributed by atoms with Crippen molar-refractivity contribution < 1.29 is 0 Å². The van der Waals surface area contributed by atoms with E-state index in [1.54, 1.807) is 0 Å². The fourth-order valence-electron chi connectivity index (χ4n) is 1.25. The average molecular weight is 189 g/mol. The van der Waals surface area contributed by atoms with Gasteiger partial charge in [-0.1, -0.05) is 26.7 Å². The average Bonchev–Trinajstić information content (AvgIpc) is 2.07. The first-order valence-electron chi connectivity index (χ1n) is 4.96. The van der Waals surface area contributed by atoms with Crippen molar-refractivity contribution in [3.63, 3.8) is 0 Å². The zero-order valence-corrected chi connectivity index (χ0v) is 9.71. The zero-order chi connectivity index (χ0) is 9.40. The first-order valence-corrected chi connectivity index (χ1v) is 6.36. The molecule has 0 spiro atoms. The summed E-state index contributed by atoms with van der Waals surface area (Å²) in [4.78, 5) is 0. The lowest BCUT2D eigenvalue weighted by atomic mass is 10.0. The van der Waals surface area contributed by atoms with Gasteiger partial charge in [-0.2, -0.15) is 11.8 Å². The number of rotatable bonds is 7. The summed E-state index contributed by atoms with van der Waals surface area (Å²) in [6.45, 7) is 8.00. The van der Waals surface area contributed by atoms with Gasteiger partial charge in [0.25, 0.3) is 0 Å². The molecule has 0 heterocycles. The molecule has 0 amide bonds. The number of thioether (sulfide) groups is 1. The van der Waals surface area contributed by atoms with Crippen molar-refractivity contribution >= 4 is 11.8 Å². The van der Waals surface area contributed by atoms with Crippen molar-refractivity contribution in [2.75, 3.05) is 18.6 Å². The van der Waals surface area contributed by atoms with Crippen LogP contribution in [0.5, 0.6) is 0 Å². The Morgan fingerprint density at radius 2 is 1.83 bits per heavy atom. The Hall–Kier alpha value is 0.310. The molecule has 0 radical (unpaired) electrons. The molecule has 0 aromatic heterocycles. The van der Waals surface area contributed by atoms with Gasteiger partial charge in [-0.15, -0.1) is 0 Å². The van der Waals surface area contributed by atoms with Gasteiger partial charge in [-0.25, -0.2) is 0 Å². The molecule has 2 heteroatoms. The molecule has 0 aliphatic rings. The molecule has 0 bridgehead atoms. The van der Waals surface area contributed by atoms with Crippen molar-refractivity contribution in [1.82, 2.24) is 5.32 Å². The number of hydrogen-bond donors (Lipinski definition) is 1. The lowest BCUT2D eigenvalue weighted by Crippen LogP contribution is -2.32. The minimum absolute atomic E-state index is 0.667. The van der Waals surface area contributed by atoms with Gasteiger partial charge in [-0.3, -0.25) is 0 Å². The van der Waals surface area contributed by atoms with Crippen molar-refractivity contribution in [3.05, 3.63) is 0 Å². The summed E-state index contributed by atoms with van der Waals surface area (Å²) in [5, 5.41) is 3.56. The lowest BCUT2D eigenvalue weighted by molar-refractivity contribution is 0.429. The highest BCUT2D eigenvalue weighted by molar-refractivity contribution is 7.98. The summed E-state index contributed by atoms with van der Waals surface area (Å²) < 4.78 is 0. The number of nitrogens with one attached hydrogen (secondary N) is 1. The van der Waals surface area contributed by atoms with Crippen LogP contribution in [0.25, 0.3) is 0 Å². The lowest BCUT2D eigenvalue weighted by Gasteiger charge is -2.17. The van der Waals surface area contributed by atoms with Gasteiger partial charge in [-0.05, 0) is 25.6 Å². The zero-order valence-electron chi connectivity index (χ0n) is 8.89. The van der Waals surface area contributed by atoms with Gasteiger partial charge in [0.2, 0.25) is 0 Å². The van der Waals surface area contributed by atoms with E-state index in [4.69, 9.17) is 0 Å². The van der Waals surface area contributed by atoms with E-state index in [0.29, 0.717) is 6.04 Å². The van der Waals surface area contributed by atoms with Crippen LogP contribution in [0.2, 0.25) is 0 Å². The van der Waals surface area contributed by atoms with Crippen LogP contribution in [-0.4, -0.2) is 24.6 Å². The second-order valence-electron chi connectivity index (χ2n) is 3.45. The molecule has 0 aromatic rings. The van der Waals surface area contributed by atoms with E-state index in [-0.39, 0.29) is 0 Å². The first-order chi connectivity index (χ1) is 5.74. The third kappa shape index (κ3) is 5.90. The van der Waals surface area contributed by atoms with Crippen LogP contribution >= 0.6 is 11.8 Å². The van der Waals surface area contributed by atoms with E-state index in [9.17, 15) is 0 Å². The number of hydrogen-bond acceptors (Lipinski definition) is 2. The summed E-state index contributed by atoms with van der Waals surface area (Å²) >= 11 is 1.91. The standard InChI is InChI=1S/C10H23NS/c1-5-10(6-2)7-11-9(3)8-12-4/h9-11H,5-8H2,1-4H3. The third-order valence-electron chi connectivity index (χ3n) is 2.33. The van der Waals surface area contributed by atoms with Crippen LogP contribution in [0.3, 0.4) is 0 Å². The Labute approximate surface area is 81.7 Å². The van der Waals surface area contributed by atoms with Crippen molar-refractivity contribution in [3.8, 4) is 0 Å². The van der Waals surface area contributed by atoms with E-state index < -0.39 is 0 Å². The molecule has 0 aromatic carbocycles. The van der Waals surface area contributed by atoms with Crippen LogP contribution in [0.4, 0.5) is 0 Å². The minimum Gasteiger partial charge on any atom is -0.313 e. The predicted octanol–water partition coefficient (Wildman–Crippen LogP) is 2.76. The largest absolute Gasteiger partial charge is 0.313 e. The Morgan fingerprint density at radius 1 is 1.25 bits per heavy atom. The van der Waals surface area contributed by atoms with Gasteiger partial charge in [0.05, 0.1) is 0 Å². The molecular weight excluding hydrogens is 166 g/mol. The van der Waals surface area contributed by atoms with Crippen molar-refractivity contribution in [2.24, 2.45) is 5.92 Å². The fraction of sp³-hybridized carbons (Fsp3) is 1.00. The second kappa shape index (κ2) is 7.93. The molecule has 1 nitrogen and oxygen atoms in total. The van der Waals surface area contributed by atoms with Crippen LogP contribution in [0, 0.1) is 5.92 Å². The summed E-state index contributed by atoms with van der Waals surface area (Å²) in [5.74, 6) is 2.09. The third-order valence-corrected chi connectivity index (χ3v) is 3.16. The summed E-state index contributed by atoms with van der Waals surface area (Å²) in [6, 6.07) is 0.667. The van der Waals surface area contributed by atoms with E-state index in [0.717, 1.165) is 5.92 Å². The fourth-order valence-corrected chi connectivity index (χ4v) is 1.87. The topological polar surface area (TPSA) is 12.0 Å². The highest BCUT2D eigenvalue weighted by Crippen LogP contribution is 2.06. The van der Waals surface area contributed by atoms with E-state index in [2.05, 4.69) is 32.3 Å². The first kappa shape index (κ1) is 12.3. The van der Waals surface area contributed by atoms with E-state index >= 15 is 0 Å². The maximum absolute atomic E-state index is 3.56. The van der Waals surface area contributed by atoms with Crippen LogP contribution in [0.15, 0.2) is 0 Å². The van der Waals surface area contributed by atoms with Gasteiger partial charge in [0.15, 0.2) is 0 Å². The Balaban J connectivity index is 3.37. The maximum atomic E-state index is 3.56. The smallest absolute Gasteiger partial charge is 0.0129 e. The van der Waals surface area contributed by atoms with E-state index in [1.165, 1.54) is 25.1 Å². The van der Waals surface area contributed by atoms with Gasteiger partial charge < -0.3 is 5.32 Å². The molecular formula is C10H23NS. The molecule has 0 saturated heterocycles. The van der Waals surface area contributed by atoms with Crippen LogP contribution in [-0.2, 0) is 0 Å². The molecule has 0 aliphatic carbocycles. The molecule has 0 saturated carbocycles. The Kier molecular flexibility index (Phi) is 8.14. The molecule has 12 heavy (non-hydrogen) atoms. The normalized spacial score (nSPS) is 13.8. The van der Waals surface area contributed by atoms with Crippen molar-refractivity contribution in [1.29, 1.82) is 0 Å². The molecule has 1 N–H and O–H groups in total. The molecule has 74 valence electrons. The Bertz CT molecular complexity index is 91.8. The van der Waals surface area contributed by atoms with Gasteiger partial charge in [0.1, 0.15) is 0 Å². The molecule has 0 fully saturated rings. The SMILES string of the molecule is CCC(CC)CNC(C)CSC. The molecule has 1 atom stereocenters.